The minimum absolute atomic E-state index is 0.0134. The second-order valence-corrected chi connectivity index (χ2v) is 6.24. The summed E-state index contributed by atoms with van der Waals surface area (Å²) >= 11 is 0. The van der Waals surface area contributed by atoms with Crippen LogP contribution in [-0.4, -0.2) is 29.2 Å². The topological polar surface area (TPSA) is 75.3 Å². The maximum absolute atomic E-state index is 11.1. The quantitative estimate of drug-likeness (QED) is 0.682. The van der Waals surface area contributed by atoms with E-state index in [0.717, 1.165) is 32.1 Å². The Balaban J connectivity index is 1.78. The fourth-order valence-corrected chi connectivity index (χ4v) is 3.01. The SMILES string of the molecule is CC1(C)C(O)CC1NC1CCC(C(N)=O)CC1. The van der Waals surface area contributed by atoms with Crippen molar-refractivity contribution in [2.75, 3.05) is 0 Å². The Labute approximate surface area is 103 Å². The maximum atomic E-state index is 11.1. The number of aliphatic hydroxyl groups excluding tert-OH is 1. The Bertz CT molecular complexity index is 296. The molecule has 0 aromatic rings. The van der Waals surface area contributed by atoms with E-state index in [1.807, 2.05) is 0 Å². The molecule has 4 heteroatoms. The number of nitrogens with one attached hydrogen (secondary N) is 1. The molecule has 17 heavy (non-hydrogen) atoms. The highest BCUT2D eigenvalue weighted by atomic mass is 16.3. The van der Waals surface area contributed by atoms with Gasteiger partial charge in [-0.15, -0.1) is 0 Å². The first-order chi connectivity index (χ1) is 7.91. The lowest BCUT2D eigenvalue weighted by Gasteiger charge is -2.51. The van der Waals surface area contributed by atoms with E-state index in [0.29, 0.717) is 12.1 Å². The molecule has 0 radical (unpaired) electrons. The number of carbonyl (C=O) groups is 1. The van der Waals surface area contributed by atoms with Gasteiger partial charge in [-0.1, -0.05) is 13.8 Å². The molecule has 1 amide bonds. The van der Waals surface area contributed by atoms with Crippen molar-refractivity contribution in [3.8, 4) is 0 Å². The summed E-state index contributed by atoms with van der Waals surface area (Å²) in [4.78, 5) is 11.1. The molecule has 0 aliphatic heterocycles. The number of carbonyl (C=O) groups excluding carboxylic acids is 1. The fraction of sp³-hybridized carbons (Fsp3) is 0.923. The molecule has 98 valence electrons. The van der Waals surface area contributed by atoms with Crippen molar-refractivity contribution in [1.29, 1.82) is 0 Å². The molecule has 2 fully saturated rings. The minimum atomic E-state index is -0.179. The Morgan fingerprint density at radius 3 is 2.29 bits per heavy atom. The molecule has 2 rings (SSSR count). The molecule has 0 aromatic carbocycles. The summed E-state index contributed by atoms with van der Waals surface area (Å²) in [6.45, 7) is 4.21. The zero-order chi connectivity index (χ0) is 12.6. The number of primary amides is 1. The van der Waals surface area contributed by atoms with Crippen LogP contribution in [0, 0.1) is 11.3 Å². The van der Waals surface area contributed by atoms with Crippen molar-refractivity contribution in [3.63, 3.8) is 0 Å². The van der Waals surface area contributed by atoms with Crippen LogP contribution in [0.3, 0.4) is 0 Å². The van der Waals surface area contributed by atoms with Crippen molar-refractivity contribution in [3.05, 3.63) is 0 Å². The fourth-order valence-electron chi connectivity index (χ4n) is 3.01. The van der Waals surface area contributed by atoms with Gasteiger partial charge >= 0.3 is 0 Å². The standard InChI is InChI=1S/C13H24N2O2/c1-13(2)10(7-11(13)16)15-9-5-3-8(4-6-9)12(14)17/h8-11,15-16H,3-7H2,1-2H3,(H2,14,17). The second kappa shape index (κ2) is 4.58. The smallest absolute Gasteiger partial charge is 0.220 e. The monoisotopic (exact) mass is 240 g/mol. The van der Waals surface area contributed by atoms with E-state index in [1.54, 1.807) is 0 Å². The molecule has 4 nitrogen and oxygen atoms in total. The number of amides is 1. The van der Waals surface area contributed by atoms with Gasteiger partial charge < -0.3 is 16.2 Å². The van der Waals surface area contributed by atoms with E-state index in [-0.39, 0.29) is 23.3 Å². The van der Waals surface area contributed by atoms with Gasteiger partial charge in [0, 0.05) is 23.4 Å². The molecule has 2 atom stereocenters. The first-order valence-electron chi connectivity index (χ1n) is 6.64. The zero-order valence-corrected chi connectivity index (χ0v) is 10.8. The van der Waals surface area contributed by atoms with Crippen LogP contribution in [0.2, 0.25) is 0 Å². The van der Waals surface area contributed by atoms with Gasteiger partial charge in [-0.2, -0.15) is 0 Å². The molecule has 2 aliphatic carbocycles. The van der Waals surface area contributed by atoms with E-state index < -0.39 is 0 Å². The lowest BCUT2D eigenvalue weighted by Crippen LogP contribution is -2.62. The number of hydrogen-bond acceptors (Lipinski definition) is 3. The van der Waals surface area contributed by atoms with Crippen LogP contribution in [0.1, 0.15) is 46.0 Å². The van der Waals surface area contributed by atoms with Gasteiger partial charge in [0.25, 0.3) is 0 Å². The van der Waals surface area contributed by atoms with Gasteiger partial charge in [0.15, 0.2) is 0 Å². The third-order valence-corrected chi connectivity index (χ3v) is 4.78. The van der Waals surface area contributed by atoms with Crippen LogP contribution in [0.5, 0.6) is 0 Å². The van der Waals surface area contributed by atoms with E-state index in [9.17, 15) is 9.90 Å². The molecule has 4 N–H and O–H groups in total. The lowest BCUT2D eigenvalue weighted by molar-refractivity contribution is -0.123. The predicted octanol–water partition coefficient (Wildman–Crippen LogP) is 0.779. The van der Waals surface area contributed by atoms with Gasteiger partial charge in [0.1, 0.15) is 0 Å². The third kappa shape index (κ3) is 2.47. The number of nitrogens with two attached hydrogens (primary N) is 1. The van der Waals surface area contributed by atoms with Crippen LogP contribution in [0.15, 0.2) is 0 Å². The van der Waals surface area contributed by atoms with Crippen LogP contribution in [-0.2, 0) is 4.79 Å². The molecule has 0 aromatic heterocycles. The van der Waals surface area contributed by atoms with Crippen LogP contribution in [0.25, 0.3) is 0 Å². The molecule has 2 saturated carbocycles. The highest BCUT2D eigenvalue weighted by molar-refractivity contribution is 5.76. The molecular formula is C13H24N2O2. The van der Waals surface area contributed by atoms with E-state index in [2.05, 4.69) is 19.2 Å². The highest BCUT2D eigenvalue weighted by Gasteiger charge is 2.47. The van der Waals surface area contributed by atoms with Crippen molar-refractivity contribution < 1.29 is 9.90 Å². The average molecular weight is 240 g/mol. The molecule has 2 aliphatic rings. The van der Waals surface area contributed by atoms with Crippen LogP contribution >= 0.6 is 0 Å². The predicted molar refractivity (Wildman–Crippen MR) is 66.3 cm³/mol. The van der Waals surface area contributed by atoms with Gasteiger partial charge in [-0.3, -0.25) is 4.79 Å². The molecule has 0 heterocycles. The molecule has 0 saturated heterocycles. The zero-order valence-electron chi connectivity index (χ0n) is 10.8. The summed E-state index contributed by atoms with van der Waals surface area (Å²) < 4.78 is 0. The summed E-state index contributed by atoms with van der Waals surface area (Å²) in [5.41, 5.74) is 5.31. The Morgan fingerprint density at radius 1 is 1.29 bits per heavy atom. The van der Waals surface area contributed by atoms with Crippen molar-refractivity contribution >= 4 is 5.91 Å². The summed E-state index contributed by atoms with van der Waals surface area (Å²) in [6, 6.07) is 0.898. The normalized spacial score (nSPS) is 40.6. The van der Waals surface area contributed by atoms with E-state index >= 15 is 0 Å². The second-order valence-electron chi connectivity index (χ2n) is 6.24. The Morgan fingerprint density at radius 2 is 1.88 bits per heavy atom. The molecule has 2 unspecified atom stereocenters. The average Bonchev–Trinajstić information content (AvgIpc) is 2.29. The summed E-state index contributed by atoms with van der Waals surface area (Å²) in [5, 5.41) is 13.3. The molecule has 0 spiro atoms. The minimum Gasteiger partial charge on any atom is -0.392 e. The number of aliphatic hydroxyl groups is 1. The van der Waals surface area contributed by atoms with Crippen LogP contribution < -0.4 is 11.1 Å². The molecule has 0 bridgehead atoms. The van der Waals surface area contributed by atoms with Gasteiger partial charge in [0.05, 0.1) is 6.10 Å². The number of rotatable bonds is 3. The summed E-state index contributed by atoms with van der Waals surface area (Å²) in [6.07, 6.45) is 4.53. The third-order valence-electron chi connectivity index (χ3n) is 4.78. The van der Waals surface area contributed by atoms with E-state index in [1.165, 1.54) is 0 Å². The lowest BCUT2D eigenvalue weighted by atomic mass is 9.64. The Hall–Kier alpha value is -0.610. The van der Waals surface area contributed by atoms with Crippen LogP contribution in [0.4, 0.5) is 0 Å². The van der Waals surface area contributed by atoms with E-state index in [4.69, 9.17) is 5.73 Å². The summed E-state index contributed by atoms with van der Waals surface area (Å²) in [7, 11) is 0. The number of hydrogen-bond donors (Lipinski definition) is 3. The highest BCUT2D eigenvalue weighted by Crippen LogP contribution is 2.41. The van der Waals surface area contributed by atoms with Gasteiger partial charge in [-0.05, 0) is 32.1 Å². The van der Waals surface area contributed by atoms with Crippen molar-refractivity contribution in [2.24, 2.45) is 17.1 Å². The first-order valence-corrected chi connectivity index (χ1v) is 6.64. The van der Waals surface area contributed by atoms with Crippen molar-refractivity contribution in [1.82, 2.24) is 5.32 Å². The maximum Gasteiger partial charge on any atom is 0.220 e. The first kappa shape index (κ1) is 12.8. The van der Waals surface area contributed by atoms with Gasteiger partial charge in [0.2, 0.25) is 5.91 Å². The van der Waals surface area contributed by atoms with Crippen molar-refractivity contribution in [2.45, 2.75) is 64.1 Å². The summed E-state index contributed by atoms with van der Waals surface area (Å²) in [5.74, 6) is -0.0733. The molecular weight excluding hydrogens is 216 g/mol. The Kier molecular flexibility index (Phi) is 3.46. The van der Waals surface area contributed by atoms with Gasteiger partial charge in [-0.25, -0.2) is 0 Å². The largest absolute Gasteiger partial charge is 0.392 e.